The Bertz CT molecular complexity index is 1260. The van der Waals surface area contributed by atoms with Crippen molar-refractivity contribution in [3.05, 3.63) is 101 Å². The first kappa shape index (κ1) is 20.1. The third-order valence-electron chi connectivity index (χ3n) is 4.59. The molecule has 0 atom stereocenters. The van der Waals surface area contributed by atoms with Crippen LogP contribution in [0, 0.1) is 5.82 Å². The van der Waals surface area contributed by atoms with E-state index in [4.69, 9.17) is 0 Å². The highest BCUT2D eigenvalue weighted by molar-refractivity contribution is 5.75. The Morgan fingerprint density at radius 3 is 2.35 bits per heavy atom. The van der Waals surface area contributed by atoms with Crippen LogP contribution in [0.1, 0.15) is 5.69 Å². The maximum Gasteiger partial charge on any atom is 0.254 e. The molecule has 0 saturated carbocycles. The van der Waals surface area contributed by atoms with Crippen molar-refractivity contribution in [1.29, 1.82) is 0 Å². The molecule has 4 rings (SSSR count). The molecule has 2 aromatic carbocycles. The van der Waals surface area contributed by atoms with Gasteiger partial charge in [0, 0.05) is 17.2 Å². The van der Waals surface area contributed by atoms with Gasteiger partial charge in [-0.2, -0.15) is 0 Å². The van der Waals surface area contributed by atoms with Gasteiger partial charge in [-0.1, -0.05) is 30.3 Å². The van der Waals surface area contributed by atoms with Crippen molar-refractivity contribution >= 4 is 5.91 Å². The smallest absolute Gasteiger partial charge is 0.254 e. The van der Waals surface area contributed by atoms with E-state index in [2.05, 4.69) is 20.3 Å². The van der Waals surface area contributed by atoms with Crippen LogP contribution in [0.25, 0.3) is 22.5 Å². The van der Waals surface area contributed by atoms with Crippen molar-refractivity contribution in [3.8, 4) is 22.5 Å². The summed E-state index contributed by atoms with van der Waals surface area (Å²) in [5.74, 6) is -0.716. The van der Waals surface area contributed by atoms with Crippen LogP contribution >= 0.6 is 0 Å². The first-order valence-corrected chi connectivity index (χ1v) is 9.54. The molecule has 154 valence electrons. The summed E-state index contributed by atoms with van der Waals surface area (Å²) in [4.78, 5) is 37.3. The summed E-state index contributed by atoms with van der Waals surface area (Å²) in [6.07, 6.45) is 2.76. The van der Waals surface area contributed by atoms with Crippen molar-refractivity contribution in [3.63, 3.8) is 0 Å². The minimum absolute atomic E-state index is 0.174. The van der Waals surface area contributed by atoms with E-state index in [1.54, 1.807) is 18.2 Å². The quantitative estimate of drug-likeness (QED) is 0.523. The van der Waals surface area contributed by atoms with Gasteiger partial charge in [-0.3, -0.25) is 14.2 Å². The number of carbonyl (C=O) groups excluding carboxylic acids is 1. The monoisotopic (exact) mass is 415 g/mol. The molecule has 0 fully saturated rings. The molecule has 2 heterocycles. The van der Waals surface area contributed by atoms with E-state index in [0.29, 0.717) is 17.0 Å². The zero-order chi connectivity index (χ0) is 21.6. The fourth-order valence-corrected chi connectivity index (χ4v) is 2.98. The molecule has 0 aliphatic carbocycles. The van der Waals surface area contributed by atoms with Crippen molar-refractivity contribution in [2.75, 3.05) is 0 Å². The number of halogens is 1. The second-order valence-corrected chi connectivity index (χ2v) is 6.78. The highest BCUT2D eigenvalue weighted by Gasteiger charge is 2.08. The number of rotatable bonds is 6. The molecule has 0 unspecified atom stereocenters. The minimum atomic E-state index is -0.377. The lowest BCUT2D eigenvalue weighted by atomic mass is 10.1. The van der Waals surface area contributed by atoms with E-state index in [0.717, 1.165) is 11.3 Å². The minimum Gasteiger partial charge on any atom is -0.349 e. The second-order valence-electron chi connectivity index (χ2n) is 6.78. The van der Waals surface area contributed by atoms with Crippen LogP contribution in [-0.4, -0.2) is 25.4 Å². The van der Waals surface area contributed by atoms with Gasteiger partial charge in [-0.25, -0.2) is 19.3 Å². The third-order valence-corrected chi connectivity index (χ3v) is 4.59. The topological polar surface area (TPSA) is 89.8 Å². The summed E-state index contributed by atoms with van der Waals surface area (Å²) in [5.41, 5.74) is 3.02. The number of amides is 1. The number of hydrogen-bond acceptors (Lipinski definition) is 5. The number of benzene rings is 2. The molecule has 0 spiro atoms. The summed E-state index contributed by atoms with van der Waals surface area (Å²) in [5, 5.41) is 2.75. The number of carbonyl (C=O) groups is 1. The van der Waals surface area contributed by atoms with Crippen molar-refractivity contribution < 1.29 is 9.18 Å². The van der Waals surface area contributed by atoms with Crippen molar-refractivity contribution in [2.45, 2.75) is 13.1 Å². The zero-order valence-corrected chi connectivity index (χ0v) is 16.4. The van der Waals surface area contributed by atoms with Gasteiger partial charge in [0.25, 0.3) is 5.56 Å². The van der Waals surface area contributed by atoms with Gasteiger partial charge < -0.3 is 5.32 Å². The normalized spacial score (nSPS) is 10.6. The van der Waals surface area contributed by atoms with E-state index in [1.807, 2.05) is 30.3 Å². The number of nitrogens with zero attached hydrogens (tertiary/aromatic N) is 4. The fourth-order valence-electron chi connectivity index (χ4n) is 2.98. The molecule has 0 radical (unpaired) electrons. The Labute approximate surface area is 177 Å². The van der Waals surface area contributed by atoms with E-state index < -0.39 is 0 Å². The first-order chi connectivity index (χ1) is 15.1. The Morgan fingerprint density at radius 1 is 0.903 bits per heavy atom. The van der Waals surface area contributed by atoms with Gasteiger partial charge in [0.1, 0.15) is 18.7 Å². The maximum atomic E-state index is 13.1. The van der Waals surface area contributed by atoms with Crippen molar-refractivity contribution in [1.82, 2.24) is 24.8 Å². The molecule has 1 amide bonds. The summed E-state index contributed by atoms with van der Waals surface area (Å²) < 4.78 is 14.3. The SMILES string of the molecule is O=C(Cn1cnc(-c2ccc(F)cc2)cc1=O)NCc1cc(-c2ccccc2)ncn1. The Hall–Kier alpha value is -4.20. The molecule has 7 nitrogen and oxygen atoms in total. The summed E-state index contributed by atoms with van der Waals surface area (Å²) >= 11 is 0. The highest BCUT2D eigenvalue weighted by Crippen LogP contribution is 2.16. The Balaban J connectivity index is 1.39. The van der Waals surface area contributed by atoms with Crippen LogP contribution in [-0.2, 0) is 17.9 Å². The maximum absolute atomic E-state index is 13.1. The summed E-state index contributed by atoms with van der Waals surface area (Å²) in [7, 11) is 0. The molecule has 31 heavy (non-hydrogen) atoms. The van der Waals surface area contributed by atoms with E-state index in [-0.39, 0.29) is 30.4 Å². The van der Waals surface area contributed by atoms with Crippen LogP contribution in [0.5, 0.6) is 0 Å². The Kier molecular flexibility index (Phi) is 5.89. The van der Waals surface area contributed by atoms with Crippen LogP contribution < -0.4 is 10.9 Å². The summed E-state index contributed by atoms with van der Waals surface area (Å²) in [6, 6.07) is 18.5. The fraction of sp³-hybridized carbons (Fsp3) is 0.0870. The van der Waals surface area contributed by atoms with Gasteiger partial charge in [-0.15, -0.1) is 0 Å². The lowest BCUT2D eigenvalue weighted by Crippen LogP contribution is -2.32. The molecule has 1 N–H and O–H groups in total. The molecule has 0 saturated heterocycles. The molecule has 8 heteroatoms. The van der Waals surface area contributed by atoms with Gasteiger partial charge in [0.15, 0.2) is 0 Å². The molecule has 0 bridgehead atoms. The number of aromatic nitrogens is 4. The lowest BCUT2D eigenvalue weighted by Gasteiger charge is -2.08. The van der Waals surface area contributed by atoms with Crippen LogP contribution in [0.2, 0.25) is 0 Å². The van der Waals surface area contributed by atoms with E-state index in [9.17, 15) is 14.0 Å². The lowest BCUT2D eigenvalue weighted by molar-refractivity contribution is -0.121. The number of hydrogen-bond donors (Lipinski definition) is 1. The van der Waals surface area contributed by atoms with E-state index >= 15 is 0 Å². The molecule has 0 aliphatic rings. The van der Waals surface area contributed by atoms with Gasteiger partial charge in [0.05, 0.1) is 30.0 Å². The standard InChI is InChI=1S/C23H18FN5O2/c24-18-8-6-17(7-9-18)21-11-23(31)29(15-28-21)13-22(30)25-12-19-10-20(27-14-26-19)16-4-2-1-3-5-16/h1-11,14-15H,12-13H2,(H,25,30). The van der Waals surface area contributed by atoms with Crippen molar-refractivity contribution in [2.24, 2.45) is 0 Å². The first-order valence-electron chi connectivity index (χ1n) is 9.54. The Morgan fingerprint density at radius 2 is 1.61 bits per heavy atom. The molecule has 4 aromatic rings. The van der Waals surface area contributed by atoms with Gasteiger partial charge in [-0.05, 0) is 30.3 Å². The molecular weight excluding hydrogens is 397 g/mol. The molecular formula is C23H18FN5O2. The third kappa shape index (κ3) is 5.05. The largest absolute Gasteiger partial charge is 0.349 e. The van der Waals surface area contributed by atoms with E-state index in [1.165, 1.54) is 35.4 Å². The predicted molar refractivity (Wildman–Crippen MR) is 113 cm³/mol. The second kappa shape index (κ2) is 9.08. The van der Waals surface area contributed by atoms with Crippen LogP contribution in [0.15, 0.2) is 84.2 Å². The predicted octanol–water partition coefficient (Wildman–Crippen LogP) is 2.82. The highest BCUT2D eigenvalue weighted by atomic mass is 19.1. The average molecular weight is 415 g/mol. The van der Waals surface area contributed by atoms with Gasteiger partial charge >= 0.3 is 0 Å². The van der Waals surface area contributed by atoms with Crippen LogP contribution in [0.3, 0.4) is 0 Å². The number of nitrogens with one attached hydrogen (secondary N) is 1. The molecule has 0 aliphatic heterocycles. The van der Waals surface area contributed by atoms with Crippen LogP contribution in [0.4, 0.5) is 4.39 Å². The average Bonchev–Trinajstić information content (AvgIpc) is 2.80. The zero-order valence-electron chi connectivity index (χ0n) is 16.4. The summed E-state index contributed by atoms with van der Waals surface area (Å²) in [6.45, 7) is 0.0309. The van der Waals surface area contributed by atoms with Gasteiger partial charge in [0.2, 0.25) is 5.91 Å². The molecule has 2 aromatic heterocycles.